The van der Waals surface area contributed by atoms with Crippen molar-refractivity contribution in [2.75, 3.05) is 26.2 Å². The third-order valence-corrected chi connectivity index (χ3v) is 5.44. The Hall–Kier alpha value is -2.98. The highest BCUT2D eigenvalue weighted by molar-refractivity contribution is 6.30. The van der Waals surface area contributed by atoms with Crippen molar-refractivity contribution in [2.24, 2.45) is 0 Å². The molecular formula is C21H18ClF4N5O. The van der Waals surface area contributed by atoms with E-state index in [9.17, 15) is 22.4 Å². The first-order chi connectivity index (χ1) is 15.2. The first kappa shape index (κ1) is 22.2. The third-order valence-electron chi connectivity index (χ3n) is 5.19. The predicted octanol–water partition coefficient (Wildman–Crippen LogP) is 4.04. The van der Waals surface area contributed by atoms with E-state index in [-0.39, 0.29) is 18.8 Å². The number of benzene rings is 2. The van der Waals surface area contributed by atoms with E-state index in [1.165, 1.54) is 4.90 Å². The summed E-state index contributed by atoms with van der Waals surface area (Å²) in [4.78, 5) is 16.3. The number of aromatic nitrogens is 3. The molecule has 1 aromatic heterocycles. The van der Waals surface area contributed by atoms with Crippen LogP contribution < -0.4 is 0 Å². The molecule has 0 aliphatic carbocycles. The Balaban J connectivity index is 1.50. The molecule has 168 valence electrons. The zero-order valence-corrected chi connectivity index (χ0v) is 17.4. The molecule has 0 N–H and O–H groups in total. The van der Waals surface area contributed by atoms with Gasteiger partial charge in [-0.25, -0.2) is 9.07 Å². The van der Waals surface area contributed by atoms with Gasteiger partial charge in [0.05, 0.1) is 5.69 Å². The molecule has 1 saturated heterocycles. The molecule has 0 atom stereocenters. The van der Waals surface area contributed by atoms with Crippen molar-refractivity contribution in [3.05, 3.63) is 76.3 Å². The van der Waals surface area contributed by atoms with Gasteiger partial charge in [-0.05, 0) is 42.0 Å². The van der Waals surface area contributed by atoms with Crippen LogP contribution in [0.2, 0.25) is 5.02 Å². The van der Waals surface area contributed by atoms with Crippen LogP contribution in [0.3, 0.4) is 0 Å². The Morgan fingerprint density at radius 1 is 0.969 bits per heavy atom. The van der Waals surface area contributed by atoms with Gasteiger partial charge in [0.25, 0.3) is 5.91 Å². The minimum absolute atomic E-state index is 0.0435. The lowest BCUT2D eigenvalue weighted by atomic mass is 10.2. The van der Waals surface area contributed by atoms with Crippen LogP contribution in [0, 0.1) is 5.82 Å². The smallest absolute Gasteiger partial charge is 0.335 e. The maximum Gasteiger partial charge on any atom is 0.435 e. The Morgan fingerprint density at radius 2 is 1.59 bits per heavy atom. The topological polar surface area (TPSA) is 54.3 Å². The second-order valence-corrected chi connectivity index (χ2v) is 7.80. The molecule has 4 rings (SSSR count). The molecule has 0 bridgehead atoms. The highest BCUT2D eigenvalue weighted by Crippen LogP contribution is 2.33. The van der Waals surface area contributed by atoms with Crippen LogP contribution in [-0.2, 0) is 12.7 Å². The summed E-state index contributed by atoms with van der Waals surface area (Å²) in [5, 5.41) is 7.70. The summed E-state index contributed by atoms with van der Waals surface area (Å²) in [6, 6.07) is 11.7. The van der Waals surface area contributed by atoms with Gasteiger partial charge in [-0.2, -0.15) is 13.2 Å². The van der Waals surface area contributed by atoms with Gasteiger partial charge >= 0.3 is 6.18 Å². The average Bonchev–Trinajstić information content (AvgIpc) is 3.22. The molecule has 1 aliphatic heterocycles. The van der Waals surface area contributed by atoms with E-state index >= 15 is 0 Å². The van der Waals surface area contributed by atoms with E-state index in [1.54, 1.807) is 12.1 Å². The SMILES string of the molecule is O=C(c1nnn(-c2ccc(F)cc2)c1C(F)(F)F)N1CCN(Cc2ccc(Cl)cc2)CC1. The zero-order valence-electron chi connectivity index (χ0n) is 16.7. The first-order valence-electron chi connectivity index (χ1n) is 9.77. The number of carbonyl (C=O) groups is 1. The van der Waals surface area contributed by atoms with Crippen molar-refractivity contribution in [1.29, 1.82) is 0 Å². The number of carbonyl (C=O) groups excluding carboxylic acids is 1. The number of alkyl halides is 3. The summed E-state index contributed by atoms with van der Waals surface area (Å²) >= 11 is 5.89. The van der Waals surface area contributed by atoms with Gasteiger partial charge in [0.1, 0.15) is 5.82 Å². The molecular weight excluding hydrogens is 450 g/mol. The number of halogens is 5. The maximum absolute atomic E-state index is 13.8. The Kier molecular flexibility index (Phi) is 6.16. The van der Waals surface area contributed by atoms with Gasteiger partial charge in [0, 0.05) is 37.7 Å². The Labute approximate surface area is 186 Å². The van der Waals surface area contributed by atoms with Crippen molar-refractivity contribution in [3.8, 4) is 5.69 Å². The summed E-state index contributed by atoms with van der Waals surface area (Å²) in [6.07, 6.45) is -4.88. The monoisotopic (exact) mass is 467 g/mol. The number of rotatable bonds is 4. The van der Waals surface area contributed by atoms with Gasteiger partial charge in [-0.1, -0.05) is 28.9 Å². The van der Waals surface area contributed by atoms with E-state index in [0.717, 1.165) is 29.8 Å². The van der Waals surface area contributed by atoms with E-state index in [4.69, 9.17) is 11.6 Å². The molecule has 1 amide bonds. The van der Waals surface area contributed by atoms with Gasteiger partial charge in [0.2, 0.25) is 0 Å². The highest BCUT2D eigenvalue weighted by Gasteiger charge is 2.43. The molecule has 6 nitrogen and oxygen atoms in total. The summed E-state index contributed by atoms with van der Waals surface area (Å²) < 4.78 is 55.1. The largest absolute Gasteiger partial charge is 0.435 e. The molecule has 2 heterocycles. The quantitative estimate of drug-likeness (QED) is 0.544. The summed E-state index contributed by atoms with van der Waals surface area (Å²) in [6.45, 7) is 2.16. The zero-order chi connectivity index (χ0) is 22.9. The minimum atomic E-state index is -4.88. The van der Waals surface area contributed by atoms with Crippen LogP contribution in [-0.4, -0.2) is 56.9 Å². The van der Waals surface area contributed by atoms with E-state index in [0.29, 0.717) is 29.3 Å². The van der Waals surface area contributed by atoms with Crippen LogP contribution in [0.25, 0.3) is 5.69 Å². The van der Waals surface area contributed by atoms with Crippen LogP contribution in [0.5, 0.6) is 0 Å². The second kappa shape index (κ2) is 8.87. The molecule has 0 radical (unpaired) electrons. The molecule has 0 spiro atoms. The van der Waals surface area contributed by atoms with Crippen LogP contribution in [0.1, 0.15) is 21.7 Å². The lowest BCUT2D eigenvalue weighted by Crippen LogP contribution is -2.48. The summed E-state index contributed by atoms with van der Waals surface area (Å²) in [5.74, 6) is -1.44. The van der Waals surface area contributed by atoms with E-state index in [1.807, 2.05) is 12.1 Å². The Bertz CT molecular complexity index is 1090. The van der Waals surface area contributed by atoms with Crippen molar-refractivity contribution in [2.45, 2.75) is 12.7 Å². The molecule has 3 aromatic rings. The standard InChI is InChI=1S/C21H18ClF4N5O/c22-15-3-1-14(2-4-15)13-29-9-11-30(12-10-29)20(32)18-19(21(24,25)26)31(28-27-18)17-7-5-16(23)6-8-17/h1-8H,9-13H2. The fraction of sp³-hybridized carbons (Fsp3) is 0.286. The van der Waals surface area contributed by atoms with Gasteiger partial charge < -0.3 is 4.90 Å². The first-order valence-corrected chi connectivity index (χ1v) is 10.1. The molecule has 32 heavy (non-hydrogen) atoms. The molecule has 0 unspecified atom stereocenters. The van der Waals surface area contributed by atoms with Crippen LogP contribution in [0.15, 0.2) is 48.5 Å². The minimum Gasteiger partial charge on any atom is -0.335 e. The summed E-state index contributed by atoms with van der Waals surface area (Å²) in [7, 11) is 0. The van der Waals surface area contributed by atoms with Crippen LogP contribution >= 0.6 is 11.6 Å². The van der Waals surface area contributed by atoms with Crippen LogP contribution in [0.4, 0.5) is 17.6 Å². The fourth-order valence-electron chi connectivity index (χ4n) is 3.55. The summed E-state index contributed by atoms with van der Waals surface area (Å²) in [5.41, 5.74) is -1.04. The maximum atomic E-state index is 13.8. The lowest BCUT2D eigenvalue weighted by Gasteiger charge is -2.34. The molecule has 1 fully saturated rings. The fourth-order valence-corrected chi connectivity index (χ4v) is 3.68. The molecule has 2 aromatic carbocycles. The highest BCUT2D eigenvalue weighted by atomic mass is 35.5. The number of piperazine rings is 1. The average molecular weight is 468 g/mol. The third kappa shape index (κ3) is 4.76. The van der Waals surface area contributed by atoms with Gasteiger partial charge in [-0.3, -0.25) is 9.69 Å². The molecule has 0 saturated carbocycles. The Morgan fingerprint density at radius 3 is 2.19 bits per heavy atom. The second-order valence-electron chi connectivity index (χ2n) is 7.37. The predicted molar refractivity (Wildman–Crippen MR) is 109 cm³/mol. The van der Waals surface area contributed by atoms with Gasteiger partial charge in [0.15, 0.2) is 11.4 Å². The lowest BCUT2D eigenvalue weighted by molar-refractivity contribution is -0.143. The van der Waals surface area contributed by atoms with Gasteiger partial charge in [-0.15, -0.1) is 5.10 Å². The number of amides is 1. The normalized spacial score (nSPS) is 15.2. The van der Waals surface area contributed by atoms with Crippen molar-refractivity contribution in [1.82, 2.24) is 24.8 Å². The van der Waals surface area contributed by atoms with Crippen molar-refractivity contribution in [3.63, 3.8) is 0 Å². The number of hydrogen-bond donors (Lipinski definition) is 0. The van der Waals surface area contributed by atoms with Crippen molar-refractivity contribution >= 4 is 17.5 Å². The van der Waals surface area contributed by atoms with E-state index < -0.39 is 29.3 Å². The van der Waals surface area contributed by atoms with E-state index in [2.05, 4.69) is 15.2 Å². The number of nitrogens with zero attached hydrogens (tertiary/aromatic N) is 5. The molecule has 1 aliphatic rings. The number of hydrogen-bond acceptors (Lipinski definition) is 4. The molecule has 11 heteroatoms. The van der Waals surface area contributed by atoms with Crippen molar-refractivity contribution < 1.29 is 22.4 Å².